The van der Waals surface area contributed by atoms with E-state index in [1.165, 1.54) is 0 Å². The molecule has 0 aliphatic carbocycles. The lowest BCUT2D eigenvalue weighted by Gasteiger charge is -2.05. The van der Waals surface area contributed by atoms with Gasteiger partial charge in [0, 0.05) is 9.51 Å². The van der Waals surface area contributed by atoms with Gasteiger partial charge in [0.15, 0.2) is 0 Å². The molecular formula is C14H13Br2ClN2. The minimum Gasteiger partial charge on any atom is -0.252 e. The largest absolute Gasteiger partial charge is 0.252 e. The minimum atomic E-state index is 0.674. The second kappa shape index (κ2) is 6.82. The van der Waals surface area contributed by atoms with Crippen molar-refractivity contribution in [3.8, 4) is 0 Å². The lowest BCUT2D eigenvalue weighted by Crippen LogP contribution is -1.91. The van der Waals surface area contributed by atoms with Crippen LogP contribution in [-0.2, 0) is 0 Å². The van der Waals surface area contributed by atoms with Crippen molar-refractivity contribution in [3.05, 3.63) is 39.6 Å². The number of halogens is 3. The summed E-state index contributed by atoms with van der Waals surface area (Å²) in [5.74, 6) is 0. The topological polar surface area (TPSA) is 25.8 Å². The Morgan fingerprint density at radius 3 is 2.79 bits per heavy atom. The van der Waals surface area contributed by atoms with Gasteiger partial charge in [0.05, 0.1) is 27.4 Å². The van der Waals surface area contributed by atoms with Gasteiger partial charge in [-0.2, -0.15) is 0 Å². The maximum atomic E-state index is 5.93. The number of rotatable bonds is 4. The Hall–Kier alpha value is -0.450. The van der Waals surface area contributed by atoms with Crippen LogP contribution in [-0.4, -0.2) is 9.97 Å². The van der Waals surface area contributed by atoms with E-state index in [9.17, 15) is 0 Å². The van der Waals surface area contributed by atoms with E-state index in [4.69, 9.17) is 11.6 Å². The Morgan fingerprint density at radius 1 is 1.26 bits per heavy atom. The van der Waals surface area contributed by atoms with E-state index in [2.05, 4.69) is 48.8 Å². The number of aromatic nitrogens is 2. The fourth-order valence-electron chi connectivity index (χ4n) is 1.67. The summed E-state index contributed by atoms with van der Waals surface area (Å²) >= 11 is 13.1. The quantitative estimate of drug-likeness (QED) is 0.631. The van der Waals surface area contributed by atoms with Crippen LogP contribution in [0, 0.1) is 0 Å². The molecule has 0 radical (unpaired) electrons. The Labute approximate surface area is 134 Å². The molecule has 0 saturated carbocycles. The molecule has 0 saturated heterocycles. The summed E-state index contributed by atoms with van der Waals surface area (Å²) in [5.41, 5.74) is 2.48. The molecule has 2 aromatic rings. The van der Waals surface area contributed by atoms with E-state index in [-0.39, 0.29) is 0 Å². The molecule has 2 nitrogen and oxygen atoms in total. The standard InChI is InChI=1S/C14H13Br2ClN2/c1-2-3-4-10(15)14(16)13-8-18-12-7-9(17)5-6-11(12)19-13/h5-8H,2-4H2,1H3/b14-10+. The molecule has 0 spiro atoms. The highest BCUT2D eigenvalue weighted by Gasteiger charge is 2.07. The highest BCUT2D eigenvalue weighted by atomic mass is 79.9. The maximum absolute atomic E-state index is 5.93. The lowest BCUT2D eigenvalue weighted by molar-refractivity contribution is 0.812. The third-order valence-electron chi connectivity index (χ3n) is 2.72. The van der Waals surface area contributed by atoms with Crippen LogP contribution in [0.15, 0.2) is 28.9 Å². The Morgan fingerprint density at radius 2 is 2.05 bits per heavy atom. The molecule has 0 N–H and O–H groups in total. The molecule has 1 aromatic carbocycles. The third-order valence-corrected chi connectivity index (χ3v) is 5.16. The highest BCUT2D eigenvalue weighted by molar-refractivity contribution is 9.16. The predicted octanol–water partition coefficient (Wildman–Crippen LogP) is 5.93. The van der Waals surface area contributed by atoms with Crippen molar-refractivity contribution in [2.24, 2.45) is 0 Å². The van der Waals surface area contributed by atoms with Crippen LogP contribution in [0.3, 0.4) is 0 Å². The summed E-state index contributed by atoms with van der Waals surface area (Å²) in [7, 11) is 0. The molecule has 0 bridgehead atoms. The van der Waals surface area contributed by atoms with Crippen LogP contribution in [0.4, 0.5) is 0 Å². The third kappa shape index (κ3) is 3.77. The molecule has 5 heteroatoms. The van der Waals surface area contributed by atoms with Crippen molar-refractivity contribution in [3.63, 3.8) is 0 Å². The molecule has 0 unspecified atom stereocenters. The van der Waals surface area contributed by atoms with Crippen molar-refractivity contribution < 1.29 is 0 Å². The summed E-state index contributed by atoms with van der Waals surface area (Å²) in [6.07, 6.45) is 5.07. The molecular weight excluding hydrogens is 391 g/mol. The molecule has 0 aliphatic rings. The summed E-state index contributed by atoms with van der Waals surface area (Å²) in [6, 6.07) is 5.53. The molecule has 0 amide bonds. The highest BCUT2D eigenvalue weighted by Crippen LogP contribution is 2.31. The van der Waals surface area contributed by atoms with Gasteiger partial charge < -0.3 is 0 Å². The zero-order chi connectivity index (χ0) is 13.8. The number of fused-ring (bicyclic) bond motifs is 1. The van der Waals surface area contributed by atoms with E-state index in [0.717, 1.165) is 45.0 Å². The van der Waals surface area contributed by atoms with E-state index in [1.54, 1.807) is 6.20 Å². The minimum absolute atomic E-state index is 0.674. The van der Waals surface area contributed by atoms with E-state index in [1.807, 2.05) is 18.2 Å². The van der Waals surface area contributed by atoms with Crippen LogP contribution in [0.5, 0.6) is 0 Å². The monoisotopic (exact) mass is 402 g/mol. The van der Waals surface area contributed by atoms with Crippen LogP contribution in [0.25, 0.3) is 15.5 Å². The Kier molecular flexibility index (Phi) is 5.37. The number of allylic oxidation sites excluding steroid dienone is 1. The van der Waals surface area contributed by atoms with Crippen molar-refractivity contribution in [2.75, 3.05) is 0 Å². The first-order chi connectivity index (χ1) is 9.11. The summed E-state index contributed by atoms with van der Waals surface area (Å²) in [5, 5.41) is 0.674. The molecule has 1 aromatic heterocycles. The smallest absolute Gasteiger partial charge is 0.0970 e. The lowest BCUT2D eigenvalue weighted by atomic mass is 10.2. The van der Waals surface area contributed by atoms with Crippen molar-refractivity contribution in [1.29, 1.82) is 0 Å². The fraction of sp³-hybridized carbons (Fsp3) is 0.286. The zero-order valence-electron chi connectivity index (χ0n) is 10.5. The second-order valence-corrected chi connectivity index (χ2v) is 6.40. The van der Waals surface area contributed by atoms with Crippen molar-refractivity contribution >= 4 is 59.0 Å². The molecule has 0 aliphatic heterocycles. The van der Waals surface area contributed by atoms with Gasteiger partial charge in [-0.25, -0.2) is 4.98 Å². The van der Waals surface area contributed by atoms with Crippen LogP contribution in [0.2, 0.25) is 5.02 Å². The first kappa shape index (κ1) is 14.9. The van der Waals surface area contributed by atoms with Crippen molar-refractivity contribution in [2.45, 2.75) is 26.2 Å². The van der Waals surface area contributed by atoms with E-state index >= 15 is 0 Å². The summed E-state index contributed by atoms with van der Waals surface area (Å²) < 4.78 is 2.09. The Bertz CT molecular complexity index is 626. The van der Waals surface area contributed by atoms with Crippen LogP contribution in [0.1, 0.15) is 31.9 Å². The second-order valence-electron chi connectivity index (χ2n) is 4.21. The van der Waals surface area contributed by atoms with Gasteiger partial charge in [-0.05, 0) is 47.0 Å². The maximum Gasteiger partial charge on any atom is 0.0970 e. The number of hydrogen-bond donors (Lipinski definition) is 0. The zero-order valence-corrected chi connectivity index (χ0v) is 14.4. The van der Waals surface area contributed by atoms with Gasteiger partial charge in [0.2, 0.25) is 0 Å². The predicted molar refractivity (Wildman–Crippen MR) is 88.8 cm³/mol. The fourth-order valence-corrected chi connectivity index (χ4v) is 2.71. The molecule has 19 heavy (non-hydrogen) atoms. The van der Waals surface area contributed by atoms with Crippen LogP contribution >= 0.6 is 43.5 Å². The first-order valence-corrected chi connectivity index (χ1v) is 8.05. The molecule has 2 rings (SSSR count). The van der Waals surface area contributed by atoms with Gasteiger partial charge in [-0.15, -0.1) is 0 Å². The van der Waals surface area contributed by atoms with E-state index in [0.29, 0.717) is 5.02 Å². The summed E-state index contributed by atoms with van der Waals surface area (Å²) in [4.78, 5) is 8.98. The number of nitrogens with zero attached hydrogens (tertiary/aromatic N) is 2. The number of unbranched alkanes of at least 4 members (excludes halogenated alkanes) is 1. The van der Waals surface area contributed by atoms with Gasteiger partial charge in [-0.1, -0.05) is 40.9 Å². The van der Waals surface area contributed by atoms with Gasteiger partial charge in [-0.3, -0.25) is 4.98 Å². The van der Waals surface area contributed by atoms with E-state index < -0.39 is 0 Å². The summed E-state index contributed by atoms with van der Waals surface area (Å²) in [6.45, 7) is 2.17. The van der Waals surface area contributed by atoms with Gasteiger partial charge in [0.25, 0.3) is 0 Å². The molecule has 0 atom stereocenters. The first-order valence-electron chi connectivity index (χ1n) is 6.08. The molecule has 1 heterocycles. The number of hydrogen-bond acceptors (Lipinski definition) is 2. The molecule has 100 valence electrons. The van der Waals surface area contributed by atoms with Gasteiger partial charge >= 0.3 is 0 Å². The normalized spacial score (nSPS) is 12.6. The Balaban J connectivity index is 2.37. The van der Waals surface area contributed by atoms with Gasteiger partial charge in [0.1, 0.15) is 0 Å². The molecule has 0 fully saturated rings. The number of benzene rings is 1. The van der Waals surface area contributed by atoms with Crippen LogP contribution < -0.4 is 0 Å². The average molecular weight is 405 g/mol. The average Bonchev–Trinajstić information content (AvgIpc) is 2.43. The van der Waals surface area contributed by atoms with Crippen molar-refractivity contribution in [1.82, 2.24) is 9.97 Å². The SMILES string of the molecule is CCCC/C(Br)=C(\Br)c1cnc2cc(Cl)ccc2n1.